The van der Waals surface area contributed by atoms with Crippen LogP contribution in [0.5, 0.6) is 0 Å². The summed E-state index contributed by atoms with van der Waals surface area (Å²) in [6, 6.07) is 8.45. The molecule has 0 aromatic heterocycles. The van der Waals surface area contributed by atoms with Crippen LogP contribution in [-0.4, -0.2) is 24.4 Å². The van der Waals surface area contributed by atoms with E-state index in [0.29, 0.717) is 12.1 Å². The minimum atomic E-state index is -0.488. The first-order valence-electron chi connectivity index (χ1n) is 6.73. The van der Waals surface area contributed by atoms with Crippen LogP contribution in [0.15, 0.2) is 30.3 Å². The predicted molar refractivity (Wildman–Crippen MR) is 75.8 cm³/mol. The molecule has 2 unspecified atom stereocenters. The number of amides is 2. The summed E-state index contributed by atoms with van der Waals surface area (Å²) >= 11 is 0. The third-order valence-electron chi connectivity index (χ3n) is 3.17. The SMILES string of the molecule is CCNC(=O)C(NC(=O)c1ccccc1)C(C)CC. The molecule has 2 N–H and O–H groups in total. The van der Waals surface area contributed by atoms with Crippen molar-refractivity contribution in [2.24, 2.45) is 5.92 Å². The molecule has 0 bridgehead atoms. The van der Waals surface area contributed by atoms with Crippen molar-refractivity contribution < 1.29 is 9.59 Å². The number of hydrogen-bond acceptors (Lipinski definition) is 2. The Bertz CT molecular complexity index is 417. The lowest BCUT2D eigenvalue weighted by molar-refractivity contribution is -0.124. The molecule has 0 aliphatic carbocycles. The second-order valence-electron chi connectivity index (χ2n) is 4.60. The highest BCUT2D eigenvalue weighted by atomic mass is 16.2. The topological polar surface area (TPSA) is 58.2 Å². The zero-order valence-corrected chi connectivity index (χ0v) is 11.8. The summed E-state index contributed by atoms with van der Waals surface area (Å²) < 4.78 is 0. The molecule has 1 rings (SSSR count). The number of hydrogen-bond donors (Lipinski definition) is 2. The minimum absolute atomic E-state index is 0.0965. The van der Waals surface area contributed by atoms with E-state index in [0.717, 1.165) is 6.42 Å². The summed E-state index contributed by atoms with van der Waals surface area (Å²) in [5, 5.41) is 5.58. The summed E-state index contributed by atoms with van der Waals surface area (Å²) in [6.07, 6.45) is 0.830. The van der Waals surface area contributed by atoms with Gasteiger partial charge in [0.2, 0.25) is 5.91 Å². The summed E-state index contributed by atoms with van der Waals surface area (Å²) in [6.45, 7) is 6.40. The van der Waals surface area contributed by atoms with E-state index in [9.17, 15) is 9.59 Å². The highest BCUT2D eigenvalue weighted by molar-refractivity contribution is 5.97. The van der Waals surface area contributed by atoms with Crippen LogP contribution in [0, 0.1) is 5.92 Å². The van der Waals surface area contributed by atoms with Crippen LogP contribution in [-0.2, 0) is 4.79 Å². The molecule has 4 nitrogen and oxygen atoms in total. The Morgan fingerprint density at radius 1 is 1.16 bits per heavy atom. The van der Waals surface area contributed by atoms with Gasteiger partial charge in [0.1, 0.15) is 6.04 Å². The van der Waals surface area contributed by atoms with Crippen LogP contribution in [0.3, 0.4) is 0 Å². The van der Waals surface area contributed by atoms with Gasteiger partial charge in [-0.05, 0) is 25.0 Å². The number of nitrogens with one attached hydrogen (secondary N) is 2. The molecule has 0 spiro atoms. The largest absolute Gasteiger partial charge is 0.355 e. The van der Waals surface area contributed by atoms with Crippen LogP contribution < -0.4 is 10.6 Å². The Labute approximate surface area is 114 Å². The van der Waals surface area contributed by atoms with Gasteiger partial charge in [-0.3, -0.25) is 9.59 Å². The molecule has 2 atom stereocenters. The van der Waals surface area contributed by atoms with E-state index in [-0.39, 0.29) is 17.7 Å². The van der Waals surface area contributed by atoms with E-state index in [2.05, 4.69) is 10.6 Å². The molecule has 0 aliphatic heterocycles. The van der Waals surface area contributed by atoms with E-state index in [1.54, 1.807) is 24.3 Å². The maximum absolute atomic E-state index is 12.1. The van der Waals surface area contributed by atoms with Crippen LogP contribution >= 0.6 is 0 Å². The van der Waals surface area contributed by atoms with Gasteiger partial charge < -0.3 is 10.6 Å². The quantitative estimate of drug-likeness (QED) is 0.823. The Morgan fingerprint density at radius 3 is 2.32 bits per heavy atom. The zero-order valence-electron chi connectivity index (χ0n) is 11.8. The van der Waals surface area contributed by atoms with E-state index >= 15 is 0 Å². The van der Waals surface area contributed by atoms with Gasteiger partial charge >= 0.3 is 0 Å². The third-order valence-corrected chi connectivity index (χ3v) is 3.17. The molecule has 0 heterocycles. The number of carbonyl (C=O) groups is 2. The van der Waals surface area contributed by atoms with Gasteiger partial charge in [-0.2, -0.15) is 0 Å². The maximum atomic E-state index is 12.1. The van der Waals surface area contributed by atoms with Gasteiger partial charge in [0.05, 0.1) is 0 Å². The molecule has 0 fully saturated rings. The van der Waals surface area contributed by atoms with Crippen LogP contribution in [0.1, 0.15) is 37.6 Å². The molecule has 0 aliphatic rings. The molecule has 4 heteroatoms. The van der Waals surface area contributed by atoms with Crippen molar-refractivity contribution in [1.82, 2.24) is 10.6 Å². The molecule has 19 heavy (non-hydrogen) atoms. The second kappa shape index (κ2) is 7.56. The van der Waals surface area contributed by atoms with Gasteiger partial charge in [0.25, 0.3) is 5.91 Å². The highest BCUT2D eigenvalue weighted by Crippen LogP contribution is 2.09. The summed E-state index contributed by atoms with van der Waals surface area (Å²) in [4.78, 5) is 24.1. The van der Waals surface area contributed by atoms with Crippen molar-refractivity contribution in [3.8, 4) is 0 Å². The Balaban J connectivity index is 2.77. The average molecular weight is 262 g/mol. The lowest BCUT2D eigenvalue weighted by Gasteiger charge is -2.23. The van der Waals surface area contributed by atoms with Crippen molar-refractivity contribution in [1.29, 1.82) is 0 Å². The Morgan fingerprint density at radius 2 is 1.79 bits per heavy atom. The molecule has 0 radical (unpaired) electrons. The zero-order chi connectivity index (χ0) is 14.3. The molecule has 1 aromatic carbocycles. The fraction of sp³-hybridized carbons (Fsp3) is 0.467. The molecular weight excluding hydrogens is 240 g/mol. The molecule has 1 aromatic rings. The molecule has 104 valence electrons. The Hall–Kier alpha value is -1.84. The van der Waals surface area contributed by atoms with Gasteiger partial charge in [-0.25, -0.2) is 0 Å². The molecular formula is C15H22N2O2. The summed E-state index contributed by atoms with van der Waals surface area (Å²) in [7, 11) is 0. The first-order valence-corrected chi connectivity index (χ1v) is 6.73. The first-order chi connectivity index (χ1) is 9.10. The van der Waals surface area contributed by atoms with Gasteiger partial charge in [-0.15, -0.1) is 0 Å². The van der Waals surface area contributed by atoms with Gasteiger partial charge in [-0.1, -0.05) is 38.5 Å². The Kier molecular flexibility index (Phi) is 6.06. The summed E-state index contributed by atoms with van der Waals surface area (Å²) in [5.74, 6) is -0.238. The van der Waals surface area contributed by atoms with Crippen LogP contribution in [0.4, 0.5) is 0 Å². The normalized spacial score (nSPS) is 13.4. The average Bonchev–Trinajstić information content (AvgIpc) is 2.44. The highest BCUT2D eigenvalue weighted by Gasteiger charge is 2.25. The smallest absolute Gasteiger partial charge is 0.251 e. The van der Waals surface area contributed by atoms with Crippen molar-refractivity contribution in [3.63, 3.8) is 0 Å². The van der Waals surface area contributed by atoms with Crippen LogP contribution in [0.2, 0.25) is 0 Å². The number of likely N-dealkylation sites (N-methyl/N-ethyl adjacent to an activating group) is 1. The van der Waals surface area contributed by atoms with E-state index < -0.39 is 6.04 Å². The number of benzene rings is 1. The first kappa shape index (κ1) is 15.2. The lowest BCUT2D eigenvalue weighted by Crippen LogP contribution is -2.50. The monoisotopic (exact) mass is 262 g/mol. The minimum Gasteiger partial charge on any atom is -0.355 e. The number of rotatable bonds is 6. The lowest BCUT2D eigenvalue weighted by atomic mass is 9.98. The fourth-order valence-electron chi connectivity index (χ4n) is 1.80. The van der Waals surface area contributed by atoms with Crippen molar-refractivity contribution in [3.05, 3.63) is 35.9 Å². The number of carbonyl (C=O) groups excluding carboxylic acids is 2. The van der Waals surface area contributed by atoms with Crippen molar-refractivity contribution in [2.45, 2.75) is 33.2 Å². The predicted octanol–water partition coefficient (Wildman–Crippen LogP) is 1.97. The van der Waals surface area contributed by atoms with Crippen LogP contribution in [0.25, 0.3) is 0 Å². The van der Waals surface area contributed by atoms with E-state index in [1.165, 1.54) is 0 Å². The third kappa shape index (κ3) is 4.39. The van der Waals surface area contributed by atoms with E-state index in [1.807, 2.05) is 26.8 Å². The standard InChI is InChI=1S/C15H22N2O2/c1-4-11(3)13(15(19)16-5-2)17-14(18)12-9-7-6-8-10-12/h6-11,13H,4-5H2,1-3H3,(H,16,19)(H,17,18). The maximum Gasteiger partial charge on any atom is 0.251 e. The van der Waals surface area contributed by atoms with Crippen molar-refractivity contribution >= 4 is 11.8 Å². The fourth-order valence-corrected chi connectivity index (χ4v) is 1.80. The molecule has 0 saturated heterocycles. The summed E-state index contributed by atoms with van der Waals surface area (Å²) in [5.41, 5.74) is 0.570. The van der Waals surface area contributed by atoms with E-state index in [4.69, 9.17) is 0 Å². The molecule has 0 saturated carbocycles. The van der Waals surface area contributed by atoms with Gasteiger partial charge in [0.15, 0.2) is 0 Å². The van der Waals surface area contributed by atoms with Gasteiger partial charge in [0, 0.05) is 12.1 Å². The second-order valence-corrected chi connectivity index (χ2v) is 4.60. The molecule has 2 amide bonds. The van der Waals surface area contributed by atoms with Crippen molar-refractivity contribution in [2.75, 3.05) is 6.54 Å².